The highest BCUT2D eigenvalue weighted by molar-refractivity contribution is 5.95. The maximum absolute atomic E-state index is 13.3. The summed E-state index contributed by atoms with van der Waals surface area (Å²) in [5, 5.41) is 31.2. The van der Waals surface area contributed by atoms with E-state index in [0.29, 0.717) is 23.3 Å². The van der Waals surface area contributed by atoms with E-state index in [1.54, 1.807) is 18.2 Å². The second-order valence-electron chi connectivity index (χ2n) is 4.78. The van der Waals surface area contributed by atoms with E-state index in [-0.39, 0.29) is 5.75 Å². The second kappa shape index (κ2) is 4.61. The molecule has 2 aromatic rings. The Labute approximate surface area is 114 Å². The van der Waals surface area contributed by atoms with Crippen LogP contribution in [0.15, 0.2) is 41.6 Å². The molecule has 0 radical (unpaired) electrons. The average molecular weight is 273 g/mol. The number of fused-ring (bicyclic) bond motifs is 1. The smallest absolute Gasteiger partial charge is 0.127 e. The van der Waals surface area contributed by atoms with Gasteiger partial charge in [0.1, 0.15) is 17.7 Å². The van der Waals surface area contributed by atoms with Crippen LogP contribution in [-0.4, -0.2) is 21.1 Å². The standard InChI is InChI=1S/C15H12FNO3/c16-11-4-9(5-12(18)7-11)8-1-2-13-10(3-8)6-14(17-20)15(13)19/h1-5,7,15,18-20H,6H2/b17-14+. The number of oxime groups is 1. The molecule has 1 atom stereocenters. The van der Waals surface area contributed by atoms with Crippen molar-refractivity contribution in [3.63, 3.8) is 0 Å². The van der Waals surface area contributed by atoms with Gasteiger partial charge in [0.2, 0.25) is 0 Å². The molecule has 0 saturated carbocycles. The first-order valence-corrected chi connectivity index (χ1v) is 6.10. The van der Waals surface area contributed by atoms with Crippen LogP contribution in [0.3, 0.4) is 0 Å². The lowest BCUT2D eigenvalue weighted by Gasteiger charge is -2.07. The van der Waals surface area contributed by atoms with Gasteiger partial charge < -0.3 is 15.4 Å². The Morgan fingerprint density at radius 2 is 1.90 bits per heavy atom. The summed E-state index contributed by atoms with van der Waals surface area (Å²) in [5.41, 5.74) is 3.08. The van der Waals surface area contributed by atoms with Crippen molar-refractivity contribution in [1.29, 1.82) is 0 Å². The SMILES string of the molecule is O/N=C1\Cc2cc(-c3cc(O)cc(F)c3)ccc2C1O. The first kappa shape index (κ1) is 12.6. The monoisotopic (exact) mass is 273 g/mol. The molecule has 0 saturated heterocycles. The van der Waals surface area contributed by atoms with Crippen LogP contribution in [0.5, 0.6) is 5.75 Å². The summed E-state index contributed by atoms with van der Waals surface area (Å²) in [6, 6.07) is 9.08. The molecule has 0 fully saturated rings. The van der Waals surface area contributed by atoms with Crippen molar-refractivity contribution in [3.8, 4) is 16.9 Å². The van der Waals surface area contributed by atoms with E-state index >= 15 is 0 Å². The maximum atomic E-state index is 13.3. The summed E-state index contributed by atoms with van der Waals surface area (Å²) in [6.45, 7) is 0. The molecule has 0 spiro atoms. The Bertz CT molecular complexity index is 692. The van der Waals surface area contributed by atoms with Gasteiger partial charge in [0.05, 0.1) is 5.71 Å². The molecule has 0 heterocycles. The van der Waals surface area contributed by atoms with Gasteiger partial charge in [0.25, 0.3) is 0 Å². The fourth-order valence-electron chi connectivity index (χ4n) is 2.51. The van der Waals surface area contributed by atoms with Crippen molar-refractivity contribution in [2.75, 3.05) is 0 Å². The third-order valence-corrected chi connectivity index (χ3v) is 3.47. The highest BCUT2D eigenvalue weighted by Crippen LogP contribution is 2.33. The normalized spacial score (nSPS) is 19.3. The summed E-state index contributed by atoms with van der Waals surface area (Å²) >= 11 is 0. The van der Waals surface area contributed by atoms with Gasteiger partial charge in [-0.05, 0) is 34.4 Å². The van der Waals surface area contributed by atoms with Crippen LogP contribution in [-0.2, 0) is 6.42 Å². The van der Waals surface area contributed by atoms with Crippen LogP contribution in [0, 0.1) is 5.82 Å². The van der Waals surface area contributed by atoms with Gasteiger partial charge >= 0.3 is 0 Å². The number of rotatable bonds is 1. The number of nitrogens with zero attached hydrogens (tertiary/aromatic N) is 1. The molecule has 0 amide bonds. The van der Waals surface area contributed by atoms with E-state index in [1.165, 1.54) is 12.1 Å². The van der Waals surface area contributed by atoms with Crippen molar-refractivity contribution >= 4 is 5.71 Å². The average Bonchev–Trinajstić information content (AvgIpc) is 2.74. The predicted octanol–water partition coefficient (Wildman–Crippen LogP) is 2.62. The van der Waals surface area contributed by atoms with Crippen molar-refractivity contribution in [1.82, 2.24) is 0 Å². The van der Waals surface area contributed by atoms with Gasteiger partial charge in [-0.3, -0.25) is 0 Å². The number of hydrogen-bond donors (Lipinski definition) is 3. The number of benzene rings is 2. The fraction of sp³-hybridized carbons (Fsp3) is 0.133. The van der Waals surface area contributed by atoms with E-state index in [9.17, 15) is 14.6 Å². The number of aliphatic hydroxyl groups is 1. The minimum absolute atomic E-state index is 0.141. The summed E-state index contributed by atoms with van der Waals surface area (Å²) in [7, 11) is 0. The number of aliphatic hydroxyl groups excluding tert-OH is 1. The molecule has 4 nitrogen and oxygen atoms in total. The largest absolute Gasteiger partial charge is 0.508 e. The molecule has 0 bridgehead atoms. The second-order valence-corrected chi connectivity index (χ2v) is 4.78. The molecule has 0 aromatic heterocycles. The molecule has 20 heavy (non-hydrogen) atoms. The quantitative estimate of drug-likeness (QED) is 0.552. The zero-order valence-corrected chi connectivity index (χ0v) is 10.4. The number of aromatic hydroxyl groups is 1. The molecule has 3 N–H and O–H groups in total. The Balaban J connectivity index is 2.06. The van der Waals surface area contributed by atoms with Crippen LogP contribution in [0.25, 0.3) is 11.1 Å². The van der Waals surface area contributed by atoms with Gasteiger partial charge in [-0.15, -0.1) is 0 Å². The molecular weight excluding hydrogens is 261 g/mol. The van der Waals surface area contributed by atoms with Gasteiger partial charge in [-0.25, -0.2) is 4.39 Å². The van der Waals surface area contributed by atoms with Gasteiger partial charge in [-0.1, -0.05) is 23.4 Å². The predicted molar refractivity (Wildman–Crippen MR) is 71.4 cm³/mol. The summed E-state index contributed by atoms with van der Waals surface area (Å²) < 4.78 is 13.3. The van der Waals surface area contributed by atoms with Crippen molar-refractivity contribution < 1.29 is 19.8 Å². The molecule has 2 aromatic carbocycles. The third-order valence-electron chi connectivity index (χ3n) is 3.47. The van der Waals surface area contributed by atoms with Crippen molar-refractivity contribution in [3.05, 3.63) is 53.3 Å². The van der Waals surface area contributed by atoms with Gasteiger partial charge in [-0.2, -0.15) is 0 Å². The highest BCUT2D eigenvalue weighted by atomic mass is 19.1. The molecule has 5 heteroatoms. The van der Waals surface area contributed by atoms with Crippen LogP contribution in [0.1, 0.15) is 17.2 Å². The molecule has 1 aliphatic rings. The minimum Gasteiger partial charge on any atom is -0.508 e. The fourth-order valence-corrected chi connectivity index (χ4v) is 2.51. The van der Waals surface area contributed by atoms with Crippen molar-refractivity contribution in [2.45, 2.75) is 12.5 Å². The molecule has 102 valence electrons. The highest BCUT2D eigenvalue weighted by Gasteiger charge is 2.27. The molecular formula is C15H12FNO3. The Kier molecular flexibility index (Phi) is 2.91. The molecule has 0 aliphatic heterocycles. The minimum atomic E-state index is -0.898. The Morgan fingerprint density at radius 1 is 1.10 bits per heavy atom. The first-order valence-electron chi connectivity index (χ1n) is 6.10. The van der Waals surface area contributed by atoms with Gasteiger partial charge in [0.15, 0.2) is 0 Å². The van der Waals surface area contributed by atoms with E-state index in [2.05, 4.69) is 5.16 Å². The molecule has 1 unspecified atom stereocenters. The number of phenols is 1. The zero-order chi connectivity index (χ0) is 14.3. The topological polar surface area (TPSA) is 73.1 Å². The van der Waals surface area contributed by atoms with E-state index in [0.717, 1.165) is 17.2 Å². The van der Waals surface area contributed by atoms with Crippen molar-refractivity contribution in [2.24, 2.45) is 5.16 Å². The number of hydrogen-bond acceptors (Lipinski definition) is 4. The van der Waals surface area contributed by atoms with Crippen LogP contribution in [0.4, 0.5) is 4.39 Å². The third kappa shape index (κ3) is 2.02. The summed E-state index contributed by atoms with van der Waals surface area (Å²) in [6.07, 6.45) is -0.549. The lowest BCUT2D eigenvalue weighted by molar-refractivity contribution is 0.238. The van der Waals surface area contributed by atoms with E-state index in [4.69, 9.17) is 5.21 Å². The summed E-state index contributed by atoms with van der Waals surface area (Å²) in [5.74, 6) is -0.656. The Hall–Kier alpha value is -2.40. The molecule has 1 aliphatic carbocycles. The lowest BCUT2D eigenvalue weighted by Crippen LogP contribution is -2.04. The summed E-state index contributed by atoms with van der Waals surface area (Å²) in [4.78, 5) is 0. The lowest BCUT2D eigenvalue weighted by atomic mass is 10.00. The van der Waals surface area contributed by atoms with Crippen LogP contribution >= 0.6 is 0 Å². The van der Waals surface area contributed by atoms with Crippen LogP contribution < -0.4 is 0 Å². The Morgan fingerprint density at radius 3 is 2.60 bits per heavy atom. The van der Waals surface area contributed by atoms with E-state index in [1.807, 2.05) is 0 Å². The van der Waals surface area contributed by atoms with Gasteiger partial charge in [0, 0.05) is 12.5 Å². The number of phenolic OH excluding ortho intramolecular Hbond substituents is 1. The van der Waals surface area contributed by atoms with E-state index < -0.39 is 11.9 Å². The zero-order valence-electron chi connectivity index (χ0n) is 10.4. The van der Waals surface area contributed by atoms with Crippen LogP contribution in [0.2, 0.25) is 0 Å². The maximum Gasteiger partial charge on any atom is 0.127 e. The molecule has 3 rings (SSSR count). The number of halogens is 1. The first-order chi connectivity index (χ1) is 9.58.